The predicted molar refractivity (Wildman–Crippen MR) is 53.5 cm³/mol. The van der Waals surface area contributed by atoms with Crippen LogP contribution in [0.25, 0.3) is 0 Å². The Labute approximate surface area is 83.2 Å². The summed E-state index contributed by atoms with van der Waals surface area (Å²) < 4.78 is 4.54. The van der Waals surface area contributed by atoms with Gasteiger partial charge in [0.1, 0.15) is 0 Å². The second kappa shape index (κ2) is 6.02. The van der Waals surface area contributed by atoms with Gasteiger partial charge in [0, 0.05) is 11.7 Å². The molecule has 1 atom stereocenters. The van der Waals surface area contributed by atoms with Gasteiger partial charge in [-0.2, -0.15) is 0 Å². The number of rotatable bonds is 4. The number of carbonyl (C=O) groups is 2. The van der Waals surface area contributed by atoms with E-state index in [4.69, 9.17) is 0 Å². The molecule has 0 rings (SSSR count). The lowest BCUT2D eigenvalue weighted by Gasteiger charge is -2.08. The number of hydrogen-bond acceptors (Lipinski definition) is 4. The van der Waals surface area contributed by atoms with E-state index in [9.17, 15) is 9.59 Å². The first kappa shape index (κ1) is 12.5. The van der Waals surface area contributed by atoms with Crippen molar-refractivity contribution in [3.05, 3.63) is 0 Å². The summed E-state index contributed by atoms with van der Waals surface area (Å²) >= 11 is 1.20. The van der Waals surface area contributed by atoms with Crippen molar-refractivity contribution in [2.24, 2.45) is 11.8 Å². The van der Waals surface area contributed by atoms with Gasteiger partial charge in [-0.15, -0.1) is 0 Å². The second-order valence-corrected chi connectivity index (χ2v) is 4.23. The van der Waals surface area contributed by atoms with Crippen molar-refractivity contribution >= 4 is 22.8 Å². The SMILES string of the molecule is COC(=O)C(C)CSC(=O)C(C)C. The monoisotopic (exact) mass is 204 g/mol. The Kier molecular flexibility index (Phi) is 5.79. The van der Waals surface area contributed by atoms with Crippen molar-refractivity contribution in [3.63, 3.8) is 0 Å². The van der Waals surface area contributed by atoms with Crippen LogP contribution in [0.5, 0.6) is 0 Å². The highest BCUT2D eigenvalue weighted by Crippen LogP contribution is 2.15. The van der Waals surface area contributed by atoms with Crippen LogP contribution < -0.4 is 0 Å². The van der Waals surface area contributed by atoms with Gasteiger partial charge < -0.3 is 4.74 Å². The van der Waals surface area contributed by atoms with E-state index >= 15 is 0 Å². The molecular weight excluding hydrogens is 188 g/mol. The molecule has 0 spiro atoms. The highest BCUT2D eigenvalue weighted by molar-refractivity contribution is 8.13. The fourth-order valence-corrected chi connectivity index (χ4v) is 1.53. The highest BCUT2D eigenvalue weighted by Gasteiger charge is 2.16. The molecule has 4 heteroatoms. The molecule has 0 aromatic rings. The van der Waals surface area contributed by atoms with Gasteiger partial charge in [0.2, 0.25) is 0 Å². The summed E-state index contributed by atoms with van der Waals surface area (Å²) in [6.07, 6.45) is 0. The lowest BCUT2D eigenvalue weighted by Crippen LogP contribution is -2.16. The average Bonchev–Trinajstić information content (AvgIpc) is 2.11. The van der Waals surface area contributed by atoms with E-state index in [1.54, 1.807) is 6.92 Å². The normalized spacial score (nSPS) is 12.7. The molecule has 0 aliphatic carbocycles. The topological polar surface area (TPSA) is 43.4 Å². The molecule has 0 radical (unpaired) electrons. The van der Waals surface area contributed by atoms with Crippen molar-refractivity contribution < 1.29 is 14.3 Å². The summed E-state index contributed by atoms with van der Waals surface area (Å²) in [6.45, 7) is 5.45. The number of methoxy groups -OCH3 is 1. The van der Waals surface area contributed by atoms with E-state index in [2.05, 4.69) is 4.74 Å². The molecule has 0 fully saturated rings. The molecule has 1 unspecified atom stereocenters. The molecule has 76 valence electrons. The standard InChI is InChI=1S/C9H16O3S/c1-6(2)9(11)13-5-7(3)8(10)12-4/h6-7H,5H2,1-4H3. The van der Waals surface area contributed by atoms with E-state index in [0.29, 0.717) is 5.75 Å². The van der Waals surface area contributed by atoms with Gasteiger partial charge in [-0.3, -0.25) is 9.59 Å². The lowest BCUT2D eigenvalue weighted by atomic mass is 10.2. The van der Waals surface area contributed by atoms with Crippen LogP contribution in [-0.4, -0.2) is 23.9 Å². The summed E-state index contributed by atoms with van der Waals surface area (Å²) in [7, 11) is 1.35. The number of hydrogen-bond donors (Lipinski definition) is 0. The molecule has 0 saturated carbocycles. The summed E-state index contributed by atoms with van der Waals surface area (Å²) in [5, 5.41) is 0.121. The third-order valence-electron chi connectivity index (χ3n) is 1.55. The van der Waals surface area contributed by atoms with Crippen molar-refractivity contribution in [2.75, 3.05) is 12.9 Å². The number of ether oxygens (including phenoxy) is 1. The quantitative estimate of drug-likeness (QED) is 0.654. The maximum absolute atomic E-state index is 11.2. The Hall–Kier alpha value is -0.510. The molecule has 0 bridgehead atoms. The summed E-state index contributed by atoms with van der Waals surface area (Å²) in [5.74, 6) is 0.0561. The van der Waals surface area contributed by atoms with E-state index in [1.807, 2.05) is 13.8 Å². The van der Waals surface area contributed by atoms with Crippen molar-refractivity contribution in [2.45, 2.75) is 20.8 Å². The zero-order chi connectivity index (χ0) is 10.4. The molecule has 0 heterocycles. The van der Waals surface area contributed by atoms with Crippen molar-refractivity contribution in [3.8, 4) is 0 Å². The molecule has 0 aliphatic heterocycles. The highest BCUT2D eigenvalue weighted by atomic mass is 32.2. The zero-order valence-electron chi connectivity index (χ0n) is 8.49. The summed E-state index contributed by atoms with van der Waals surface area (Å²) in [6, 6.07) is 0. The number of esters is 1. The van der Waals surface area contributed by atoms with Crippen LogP contribution in [0.1, 0.15) is 20.8 Å². The molecule has 0 aromatic heterocycles. The number of carbonyl (C=O) groups excluding carboxylic acids is 2. The van der Waals surface area contributed by atoms with Crippen molar-refractivity contribution in [1.82, 2.24) is 0 Å². The first-order chi connectivity index (χ1) is 5.99. The van der Waals surface area contributed by atoms with Crippen LogP contribution in [0, 0.1) is 11.8 Å². The summed E-state index contributed by atoms with van der Waals surface area (Å²) in [5.41, 5.74) is 0. The summed E-state index contributed by atoms with van der Waals surface area (Å²) in [4.78, 5) is 22.1. The minimum Gasteiger partial charge on any atom is -0.469 e. The molecule has 0 N–H and O–H groups in total. The fourth-order valence-electron chi connectivity index (χ4n) is 0.643. The van der Waals surface area contributed by atoms with E-state index in [-0.39, 0.29) is 22.9 Å². The molecule has 3 nitrogen and oxygen atoms in total. The molecule has 0 saturated heterocycles. The van der Waals surface area contributed by atoms with E-state index < -0.39 is 0 Å². The Bertz CT molecular complexity index is 189. The Morgan fingerprint density at radius 3 is 2.23 bits per heavy atom. The van der Waals surface area contributed by atoms with Crippen LogP contribution in [0.3, 0.4) is 0 Å². The molecule has 0 aliphatic rings. The largest absolute Gasteiger partial charge is 0.469 e. The van der Waals surface area contributed by atoms with Crippen LogP contribution >= 0.6 is 11.8 Å². The number of thioether (sulfide) groups is 1. The molecule has 0 amide bonds. The Morgan fingerprint density at radius 2 is 1.85 bits per heavy atom. The maximum Gasteiger partial charge on any atom is 0.309 e. The minimum absolute atomic E-state index is 0.0230. The fraction of sp³-hybridized carbons (Fsp3) is 0.778. The van der Waals surface area contributed by atoms with Gasteiger partial charge in [-0.1, -0.05) is 32.5 Å². The average molecular weight is 204 g/mol. The molecular formula is C9H16O3S. The van der Waals surface area contributed by atoms with Gasteiger partial charge in [0.25, 0.3) is 0 Å². The van der Waals surface area contributed by atoms with E-state index in [0.717, 1.165) is 0 Å². The van der Waals surface area contributed by atoms with Gasteiger partial charge in [0.15, 0.2) is 5.12 Å². The molecule has 13 heavy (non-hydrogen) atoms. The smallest absolute Gasteiger partial charge is 0.309 e. The van der Waals surface area contributed by atoms with Crippen LogP contribution in [0.2, 0.25) is 0 Å². The second-order valence-electron chi connectivity index (χ2n) is 3.21. The maximum atomic E-state index is 11.2. The van der Waals surface area contributed by atoms with Gasteiger partial charge >= 0.3 is 5.97 Å². The third-order valence-corrected chi connectivity index (χ3v) is 2.97. The van der Waals surface area contributed by atoms with Crippen molar-refractivity contribution in [1.29, 1.82) is 0 Å². The van der Waals surface area contributed by atoms with Crippen LogP contribution in [0.15, 0.2) is 0 Å². The zero-order valence-corrected chi connectivity index (χ0v) is 9.31. The first-order valence-corrected chi connectivity index (χ1v) is 5.22. The van der Waals surface area contributed by atoms with Crippen LogP contribution in [-0.2, 0) is 14.3 Å². The van der Waals surface area contributed by atoms with E-state index in [1.165, 1.54) is 18.9 Å². The Balaban J connectivity index is 3.76. The van der Waals surface area contributed by atoms with Gasteiger partial charge in [-0.05, 0) is 0 Å². The third kappa shape index (κ3) is 4.93. The Morgan fingerprint density at radius 1 is 1.31 bits per heavy atom. The van der Waals surface area contributed by atoms with Gasteiger partial charge in [0.05, 0.1) is 13.0 Å². The first-order valence-electron chi connectivity index (χ1n) is 4.23. The van der Waals surface area contributed by atoms with Crippen LogP contribution in [0.4, 0.5) is 0 Å². The minimum atomic E-state index is -0.260. The van der Waals surface area contributed by atoms with Gasteiger partial charge in [-0.25, -0.2) is 0 Å². The molecule has 0 aromatic carbocycles. The predicted octanol–water partition coefficient (Wildman–Crippen LogP) is 1.71. The lowest BCUT2D eigenvalue weighted by molar-refractivity contribution is -0.143.